The minimum Gasteiger partial charge on any atom is -0.353 e. The average Bonchev–Trinajstić information content (AvgIpc) is 3.28. The molecule has 2 N–H and O–H groups in total. The van der Waals surface area contributed by atoms with E-state index in [-0.39, 0.29) is 11.8 Å². The van der Waals surface area contributed by atoms with E-state index in [2.05, 4.69) is 20.8 Å². The Bertz CT molecular complexity index is 665. The van der Waals surface area contributed by atoms with Crippen molar-refractivity contribution < 1.29 is 9.59 Å². The van der Waals surface area contributed by atoms with Crippen LogP contribution in [0.5, 0.6) is 0 Å². The molecule has 2 heterocycles. The molecule has 0 atom stereocenters. The molecular weight excluding hydrogens is 352 g/mol. The smallest absolute Gasteiger partial charge is 0.267 e. The lowest BCUT2D eigenvalue weighted by Crippen LogP contribution is -2.33. The van der Waals surface area contributed by atoms with Crippen LogP contribution in [0.2, 0.25) is 0 Å². The van der Waals surface area contributed by atoms with Gasteiger partial charge in [0.2, 0.25) is 11.0 Å². The Morgan fingerprint density at radius 2 is 2.13 bits per heavy atom. The summed E-state index contributed by atoms with van der Waals surface area (Å²) in [7, 11) is 0. The van der Waals surface area contributed by atoms with E-state index in [0.717, 1.165) is 12.8 Å². The number of thioether (sulfide) groups is 1. The van der Waals surface area contributed by atoms with Gasteiger partial charge in [0, 0.05) is 6.04 Å². The maximum atomic E-state index is 11.9. The van der Waals surface area contributed by atoms with E-state index in [4.69, 9.17) is 0 Å². The van der Waals surface area contributed by atoms with Gasteiger partial charge in [0.25, 0.3) is 5.91 Å². The Balaban J connectivity index is 1.45. The van der Waals surface area contributed by atoms with Crippen LogP contribution in [0.1, 0.15) is 35.4 Å². The molecule has 3 rings (SSSR count). The minimum absolute atomic E-state index is 0.0290. The van der Waals surface area contributed by atoms with Gasteiger partial charge in [-0.25, -0.2) is 0 Å². The van der Waals surface area contributed by atoms with E-state index in [9.17, 15) is 9.59 Å². The molecule has 0 aliphatic heterocycles. The molecule has 23 heavy (non-hydrogen) atoms. The second-order valence-electron chi connectivity index (χ2n) is 5.14. The van der Waals surface area contributed by atoms with Crippen LogP contribution in [-0.4, -0.2) is 33.8 Å². The molecule has 1 aliphatic rings. The zero-order chi connectivity index (χ0) is 16.1. The fraction of sp³-hybridized carbons (Fsp3) is 0.429. The molecule has 122 valence electrons. The molecule has 2 aromatic rings. The van der Waals surface area contributed by atoms with Crippen molar-refractivity contribution in [3.63, 3.8) is 0 Å². The molecule has 0 radical (unpaired) electrons. The number of thiophene rings is 1. The van der Waals surface area contributed by atoms with Gasteiger partial charge in [-0.3, -0.25) is 14.9 Å². The molecule has 0 unspecified atom stereocenters. The summed E-state index contributed by atoms with van der Waals surface area (Å²) in [6, 6.07) is 3.91. The van der Waals surface area contributed by atoms with Crippen LogP contribution in [0.25, 0.3) is 0 Å². The zero-order valence-electron chi connectivity index (χ0n) is 12.3. The first-order valence-corrected chi connectivity index (χ1v) is 9.99. The zero-order valence-corrected chi connectivity index (χ0v) is 14.7. The monoisotopic (exact) mass is 368 g/mol. The first-order chi connectivity index (χ1) is 11.2. The molecular formula is C14H16N4O2S3. The van der Waals surface area contributed by atoms with Crippen molar-refractivity contribution in [1.29, 1.82) is 0 Å². The number of nitrogens with zero attached hydrogens (tertiary/aromatic N) is 2. The predicted molar refractivity (Wildman–Crippen MR) is 93.3 cm³/mol. The highest BCUT2D eigenvalue weighted by molar-refractivity contribution is 8.01. The highest BCUT2D eigenvalue weighted by Gasteiger charge is 2.17. The van der Waals surface area contributed by atoms with E-state index < -0.39 is 0 Å². The van der Waals surface area contributed by atoms with Crippen LogP contribution in [0.4, 0.5) is 5.13 Å². The lowest BCUT2D eigenvalue weighted by Gasteiger charge is -2.10. The van der Waals surface area contributed by atoms with Gasteiger partial charge < -0.3 is 5.32 Å². The summed E-state index contributed by atoms with van der Waals surface area (Å²) in [5.74, 6) is 0.164. The van der Waals surface area contributed by atoms with Gasteiger partial charge in [0.15, 0.2) is 4.34 Å². The summed E-state index contributed by atoms with van der Waals surface area (Å²) in [4.78, 5) is 24.4. The molecule has 0 bridgehead atoms. The topological polar surface area (TPSA) is 84.0 Å². The molecule has 6 nitrogen and oxygen atoms in total. The molecule has 2 amide bonds. The van der Waals surface area contributed by atoms with Crippen LogP contribution in [0, 0.1) is 0 Å². The fourth-order valence-electron chi connectivity index (χ4n) is 2.35. The standard InChI is InChI=1S/C14H16N4O2S3/c19-11(15-9-4-1-2-5-9)8-22-14-18-17-13(23-14)16-12(20)10-6-3-7-21-10/h3,6-7,9H,1-2,4-5,8H2,(H,15,19)(H,16,17,20). The third-order valence-corrected chi connectivity index (χ3v) is 6.26. The molecule has 0 saturated heterocycles. The van der Waals surface area contributed by atoms with Crippen LogP contribution in [0.3, 0.4) is 0 Å². The van der Waals surface area contributed by atoms with Crippen LogP contribution in [0.15, 0.2) is 21.9 Å². The molecule has 0 aromatic carbocycles. The van der Waals surface area contributed by atoms with Crippen molar-refractivity contribution in [1.82, 2.24) is 15.5 Å². The van der Waals surface area contributed by atoms with Crippen molar-refractivity contribution in [2.24, 2.45) is 0 Å². The fourth-order valence-corrected chi connectivity index (χ4v) is 4.53. The van der Waals surface area contributed by atoms with Crippen LogP contribution in [-0.2, 0) is 4.79 Å². The number of aromatic nitrogens is 2. The first-order valence-electron chi connectivity index (χ1n) is 7.31. The SMILES string of the molecule is O=C(CSc1nnc(NC(=O)c2cccs2)s1)NC1CCCC1. The lowest BCUT2D eigenvalue weighted by atomic mass is 10.2. The Hall–Kier alpha value is -1.45. The number of carbonyl (C=O) groups excluding carboxylic acids is 2. The Kier molecular flexibility index (Phi) is 5.63. The lowest BCUT2D eigenvalue weighted by molar-refractivity contribution is -0.119. The quantitative estimate of drug-likeness (QED) is 0.605. The number of anilines is 1. The second kappa shape index (κ2) is 7.89. The van der Waals surface area contributed by atoms with Crippen molar-refractivity contribution in [3.05, 3.63) is 22.4 Å². The van der Waals surface area contributed by atoms with Gasteiger partial charge in [-0.1, -0.05) is 42.0 Å². The first kappa shape index (κ1) is 16.4. The number of carbonyl (C=O) groups is 2. The molecule has 1 aliphatic carbocycles. The minimum atomic E-state index is -0.188. The highest BCUT2D eigenvalue weighted by atomic mass is 32.2. The average molecular weight is 369 g/mol. The molecule has 1 fully saturated rings. The summed E-state index contributed by atoms with van der Waals surface area (Å²) < 4.78 is 0.674. The van der Waals surface area contributed by atoms with Gasteiger partial charge in [-0.2, -0.15) is 0 Å². The summed E-state index contributed by atoms with van der Waals surface area (Å²) in [6.45, 7) is 0. The summed E-state index contributed by atoms with van der Waals surface area (Å²) >= 11 is 3.99. The number of hydrogen-bond acceptors (Lipinski definition) is 7. The predicted octanol–water partition coefficient (Wildman–Crippen LogP) is 3.00. The number of hydrogen-bond donors (Lipinski definition) is 2. The number of nitrogens with one attached hydrogen (secondary N) is 2. The van der Waals surface area contributed by atoms with Crippen LogP contribution < -0.4 is 10.6 Å². The van der Waals surface area contributed by atoms with Crippen molar-refractivity contribution >= 4 is 51.4 Å². The van der Waals surface area contributed by atoms with E-state index in [1.165, 1.54) is 47.3 Å². The maximum absolute atomic E-state index is 11.9. The van der Waals surface area contributed by atoms with E-state index in [1.807, 2.05) is 11.4 Å². The van der Waals surface area contributed by atoms with Gasteiger partial charge >= 0.3 is 0 Å². The summed E-state index contributed by atoms with van der Waals surface area (Å²) in [5, 5.41) is 16.0. The molecule has 0 spiro atoms. The normalized spacial score (nSPS) is 14.8. The third-order valence-electron chi connectivity index (χ3n) is 3.42. The maximum Gasteiger partial charge on any atom is 0.267 e. The number of rotatable bonds is 6. The van der Waals surface area contributed by atoms with Gasteiger partial charge in [0.05, 0.1) is 10.6 Å². The summed E-state index contributed by atoms with van der Waals surface area (Å²) in [6.07, 6.45) is 4.55. The van der Waals surface area contributed by atoms with E-state index in [1.54, 1.807) is 6.07 Å². The van der Waals surface area contributed by atoms with Gasteiger partial charge in [0.1, 0.15) is 0 Å². The molecule has 2 aromatic heterocycles. The number of amides is 2. The van der Waals surface area contributed by atoms with Crippen molar-refractivity contribution in [2.45, 2.75) is 36.1 Å². The van der Waals surface area contributed by atoms with E-state index in [0.29, 0.717) is 26.1 Å². The highest BCUT2D eigenvalue weighted by Crippen LogP contribution is 2.26. The Labute approximate surface area is 146 Å². The van der Waals surface area contributed by atoms with Crippen molar-refractivity contribution in [3.8, 4) is 0 Å². The third kappa shape index (κ3) is 4.76. The van der Waals surface area contributed by atoms with Gasteiger partial charge in [-0.15, -0.1) is 21.5 Å². The Morgan fingerprint density at radius 1 is 1.30 bits per heavy atom. The van der Waals surface area contributed by atoms with Crippen molar-refractivity contribution in [2.75, 3.05) is 11.1 Å². The summed E-state index contributed by atoms with van der Waals surface area (Å²) in [5.41, 5.74) is 0. The molecule has 9 heteroatoms. The second-order valence-corrected chi connectivity index (χ2v) is 8.29. The largest absolute Gasteiger partial charge is 0.353 e. The van der Waals surface area contributed by atoms with Crippen LogP contribution >= 0.6 is 34.4 Å². The van der Waals surface area contributed by atoms with Gasteiger partial charge in [-0.05, 0) is 24.3 Å². The van der Waals surface area contributed by atoms with E-state index >= 15 is 0 Å². The Morgan fingerprint density at radius 3 is 2.87 bits per heavy atom. The molecule has 1 saturated carbocycles.